The van der Waals surface area contributed by atoms with Crippen LogP contribution in [0.15, 0.2) is 72.9 Å². The molecule has 0 aliphatic heterocycles. The van der Waals surface area contributed by atoms with Gasteiger partial charge in [-0.1, -0.05) is 260 Å². The summed E-state index contributed by atoms with van der Waals surface area (Å²) in [4.78, 5) is 25.5. The summed E-state index contributed by atoms with van der Waals surface area (Å²) in [7, 11) is 1.23. The molecule has 8 nitrogen and oxygen atoms in total. The molecule has 0 aliphatic rings. The molecule has 2 N–H and O–H groups in total. The molecule has 1 amide bonds. The van der Waals surface area contributed by atoms with Gasteiger partial charge in [0.2, 0.25) is 5.91 Å². The fourth-order valence-electron chi connectivity index (χ4n) is 8.51. The molecule has 0 radical (unpaired) electrons. The number of aliphatic hydroxyl groups excluding tert-OH is 1. The summed E-state index contributed by atoms with van der Waals surface area (Å²) in [6.07, 6.45) is 72.8. The Morgan fingerprint density at radius 3 is 1.31 bits per heavy atom. The van der Waals surface area contributed by atoms with Crippen LogP contribution in [0.3, 0.4) is 0 Å². The molecule has 414 valence electrons. The number of phosphoric acid groups is 1. The van der Waals surface area contributed by atoms with E-state index in [4.69, 9.17) is 9.05 Å². The van der Waals surface area contributed by atoms with Crippen molar-refractivity contribution in [1.29, 1.82) is 0 Å². The van der Waals surface area contributed by atoms with Gasteiger partial charge in [-0.25, -0.2) is 0 Å². The summed E-state index contributed by atoms with van der Waals surface area (Å²) in [5, 5.41) is 13.9. The van der Waals surface area contributed by atoms with E-state index in [2.05, 4.69) is 79.9 Å². The van der Waals surface area contributed by atoms with Crippen molar-refractivity contribution < 1.29 is 32.9 Å². The van der Waals surface area contributed by atoms with E-state index in [0.717, 1.165) is 77.0 Å². The minimum Gasteiger partial charge on any atom is -0.756 e. The van der Waals surface area contributed by atoms with E-state index in [0.29, 0.717) is 17.4 Å². The summed E-state index contributed by atoms with van der Waals surface area (Å²) in [5.74, 6) is -0.222. The minimum absolute atomic E-state index is 0.0125. The molecule has 0 aromatic carbocycles. The number of phosphoric ester groups is 1. The zero-order chi connectivity index (χ0) is 52.0. The SMILES string of the molecule is CC/C=C\C/C=C\C/C=C\C/C=C\CCCCCCCCC(=O)NC(COP(=O)([O-])OCC[N+](C)(C)C)C(O)/C=C/CC/C=C/CCCCCCCCCCCCCCCCCCCCCCCCCC. The average molecular weight is 1020 g/mol. The van der Waals surface area contributed by atoms with Crippen LogP contribution in [0.1, 0.15) is 264 Å². The highest BCUT2D eigenvalue weighted by Gasteiger charge is 2.23. The topological polar surface area (TPSA) is 108 Å². The average Bonchev–Trinajstić information content (AvgIpc) is 3.33. The van der Waals surface area contributed by atoms with Gasteiger partial charge < -0.3 is 28.8 Å². The van der Waals surface area contributed by atoms with Crippen molar-refractivity contribution in [3.8, 4) is 0 Å². The number of allylic oxidation sites excluding steroid dienone is 11. The maximum absolute atomic E-state index is 12.9. The largest absolute Gasteiger partial charge is 0.756 e. The van der Waals surface area contributed by atoms with Gasteiger partial charge in [-0.3, -0.25) is 9.36 Å². The number of likely N-dealkylation sites (N-methyl/N-ethyl adjacent to an activating group) is 1. The first kappa shape index (κ1) is 68.9. The van der Waals surface area contributed by atoms with Crippen molar-refractivity contribution in [3.05, 3.63) is 72.9 Å². The summed E-state index contributed by atoms with van der Waals surface area (Å²) in [6, 6.07) is -0.916. The van der Waals surface area contributed by atoms with E-state index < -0.39 is 26.6 Å². The Labute approximate surface area is 440 Å². The number of amides is 1. The van der Waals surface area contributed by atoms with Crippen molar-refractivity contribution in [2.45, 2.75) is 276 Å². The van der Waals surface area contributed by atoms with Gasteiger partial charge in [-0.2, -0.15) is 0 Å². The van der Waals surface area contributed by atoms with Crippen LogP contribution >= 0.6 is 7.82 Å². The number of rotatable bonds is 54. The van der Waals surface area contributed by atoms with Crippen molar-refractivity contribution in [3.63, 3.8) is 0 Å². The zero-order valence-corrected chi connectivity index (χ0v) is 48.1. The van der Waals surface area contributed by atoms with Crippen molar-refractivity contribution in [1.82, 2.24) is 5.32 Å². The summed E-state index contributed by atoms with van der Waals surface area (Å²) in [5.41, 5.74) is 0. The zero-order valence-electron chi connectivity index (χ0n) is 47.2. The van der Waals surface area contributed by atoms with E-state index >= 15 is 0 Å². The number of carbonyl (C=O) groups excluding carboxylic acids is 1. The molecule has 0 saturated carbocycles. The van der Waals surface area contributed by atoms with Crippen LogP contribution in [0.25, 0.3) is 0 Å². The summed E-state index contributed by atoms with van der Waals surface area (Å²) >= 11 is 0. The fraction of sp³-hybridized carbons (Fsp3) is 0.790. The molecule has 71 heavy (non-hydrogen) atoms. The lowest BCUT2D eigenvalue weighted by Crippen LogP contribution is -2.45. The first-order valence-electron chi connectivity index (χ1n) is 29.8. The second kappa shape index (κ2) is 52.8. The number of unbranched alkanes of at least 4 members (excludes halogenated alkanes) is 31. The molecule has 0 fully saturated rings. The van der Waals surface area contributed by atoms with Crippen LogP contribution in [-0.2, 0) is 18.4 Å². The van der Waals surface area contributed by atoms with Crippen LogP contribution in [0, 0.1) is 0 Å². The normalized spacial score (nSPS) is 14.4. The monoisotopic (exact) mass is 1010 g/mol. The lowest BCUT2D eigenvalue weighted by atomic mass is 10.0. The molecule has 0 rings (SSSR count). The molecule has 0 spiro atoms. The van der Waals surface area contributed by atoms with E-state index in [1.165, 1.54) is 167 Å². The Balaban J connectivity index is 4.21. The predicted octanol–water partition coefficient (Wildman–Crippen LogP) is 17.6. The Kier molecular flexibility index (Phi) is 51.3. The van der Waals surface area contributed by atoms with Gasteiger partial charge in [0, 0.05) is 6.42 Å². The van der Waals surface area contributed by atoms with Gasteiger partial charge in [0.25, 0.3) is 7.82 Å². The van der Waals surface area contributed by atoms with Crippen LogP contribution in [0.2, 0.25) is 0 Å². The standard InChI is InChI=1S/C62H115N2O6P/c1-6-8-10-12-14-16-18-20-22-24-26-27-28-29-30-31-32-33-34-35-36-38-39-41-43-45-47-49-51-53-55-61(65)60(59-70-71(67,68)69-58-57-64(3,4)5)63-62(66)56-54-52-50-48-46-44-42-40-37-25-23-21-19-17-15-13-11-9-7-2/h9,11,15,17,21,23,37,40,45,47,53,55,60-61,65H,6-8,10,12-14,16,18-20,22,24-36,38-39,41-44,46,48-52,54,56-59H2,1-5H3,(H-,63,66,67,68)/b11-9-,17-15-,23-21-,40-37-,47-45+,55-53+. The smallest absolute Gasteiger partial charge is 0.268 e. The molecule has 0 bridgehead atoms. The van der Waals surface area contributed by atoms with Crippen molar-refractivity contribution in [2.24, 2.45) is 0 Å². The lowest BCUT2D eigenvalue weighted by Gasteiger charge is -2.29. The quantitative estimate of drug-likeness (QED) is 0.0272. The number of nitrogens with zero attached hydrogens (tertiary/aromatic N) is 1. The third-order valence-corrected chi connectivity index (χ3v) is 14.1. The molecule has 0 heterocycles. The number of carbonyl (C=O) groups is 1. The molecule has 0 aliphatic carbocycles. The molecule has 3 unspecified atom stereocenters. The van der Waals surface area contributed by atoms with E-state index in [1.807, 2.05) is 27.2 Å². The number of hydrogen-bond donors (Lipinski definition) is 2. The first-order valence-corrected chi connectivity index (χ1v) is 31.3. The molecule has 9 heteroatoms. The molecular weight excluding hydrogens is 900 g/mol. The summed E-state index contributed by atoms with van der Waals surface area (Å²) in [6.45, 7) is 4.52. The van der Waals surface area contributed by atoms with Crippen LogP contribution < -0.4 is 10.2 Å². The van der Waals surface area contributed by atoms with Crippen molar-refractivity contribution in [2.75, 3.05) is 40.9 Å². The van der Waals surface area contributed by atoms with Gasteiger partial charge in [0.15, 0.2) is 0 Å². The maximum Gasteiger partial charge on any atom is 0.268 e. The molecule has 3 atom stereocenters. The van der Waals surface area contributed by atoms with Gasteiger partial charge in [0.1, 0.15) is 13.2 Å². The molecular formula is C62H115N2O6P. The molecule has 0 saturated heterocycles. The second-order valence-electron chi connectivity index (χ2n) is 21.3. The predicted molar refractivity (Wildman–Crippen MR) is 307 cm³/mol. The van der Waals surface area contributed by atoms with Crippen molar-refractivity contribution >= 4 is 13.7 Å². The Hall–Kier alpha value is -2.06. The summed E-state index contributed by atoms with van der Waals surface area (Å²) < 4.78 is 23.3. The number of quaternary nitrogens is 1. The van der Waals surface area contributed by atoms with Crippen LogP contribution in [0.5, 0.6) is 0 Å². The highest BCUT2D eigenvalue weighted by molar-refractivity contribution is 7.45. The first-order chi connectivity index (χ1) is 34.5. The lowest BCUT2D eigenvalue weighted by molar-refractivity contribution is -0.870. The van der Waals surface area contributed by atoms with Gasteiger partial charge in [-0.05, 0) is 70.6 Å². The van der Waals surface area contributed by atoms with Gasteiger partial charge in [-0.15, -0.1) is 0 Å². The number of aliphatic hydroxyl groups is 1. The van der Waals surface area contributed by atoms with Crippen LogP contribution in [0.4, 0.5) is 0 Å². The van der Waals surface area contributed by atoms with Gasteiger partial charge in [0.05, 0.1) is 39.9 Å². The number of nitrogens with one attached hydrogen (secondary N) is 1. The van der Waals surface area contributed by atoms with Gasteiger partial charge >= 0.3 is 0 Å². The van der Waals surface area contributed by atoms with E-state index in [1.54, 1.807) is 6.08 Å². The Morgan fingerprint density at radius 2 is 0.873 bits per heavy atom. The molecule has 0 aromatic rings. The Bertz CT molecular complexity index is 1380. The third-order valence-electron chi connectivity index (χ3n) is 13.2. The maximum atomic E-state index is 12.9. The van der Waals surface area contributed by atoms with Crippen LogP contribution in [-0.4, -0.2) is 68.5 Å². The van der Waals surface area contributed by atoms with E-state index in [9.17, 15) is 19.4 Å². The number of hydrogen-bond acceptors (Lipinski definition) is 6. The molecule has 0 aromatic heterocycles. The minimum atomic E-state index is -4.61. The highest BCUT2D eigenvalue weighted by Crippen LogP contribution is 2.38. The fourth-order valence-corrected chi connectivity index (χ4v) is 9.24. The highest BCUT2D eigenvalue weighted by atomic mass is 31.2. The Morgan fingerprint density at radius 1 is 0.507 bits per heavy atom. The second-order valence-corrected chi connectivity index (χ2v) is 22.7. The van der Waals surface area contributed by atoms with E-state index in [-0.39, 0.29) is 12.5 Å². The third kappa shape index (κ3) is 55.5.